The predicted octanol–water partition coefficient (Wildman–Crippen LogP) is 2.13. The third kappa shape index (κ3) is 6.19. The predicted molar refractivity (Wildman–Crippen MR) is 110 cm³/mol. The van der Waals surface area contributed by atoms with E-state index in [1.165, 1.54) is 0 Å². The lowest BCUT2D eigenvalue weighted by atomic mass is 10.2. The zero-order valence-electron chi connectivity index (χ0n) is 14.0. The Balaban J connectivity index is 0.00000288. The first-order chi connectivity index (χ1) is 11.3. The molecule has 1 heterocycles. The van der Waals surface area contributed by atoms with Crippen LogP contribution >= 0.6 is 35.7 Å². The van der Waals surface area contributed by atoms with Crippen LogP contribution in [0.25, 0.3) is 11.4 Å². The van der Waals surface area contributed by atoms with Crippen molar-refractivity contribution >= 4 is 41.7 Å². The molecule has 0 atom stereocenters. The normalized spacial score (nSPS) is 10.9. The number of H-pyrrole nitrogens is 1. The van der Waals surface area contributed by atoms with E-state index in [2.05, 4.69) is 37.1 Å². The number of nitrogens with zero attached hydrogens (tertiary/aromatic N) is 3. The SMILES string of the molecule is CN=C(NCCSC)NCc1nc(-c2ccc(OC)cc2)n[nH]1.I. The maximum atomic E-state index is 5.15. The number of halogens is 1. The monoisotopic (exact) mass is 462 g/mol. The van der Waals surface area contributed by atoms with Gasteiger partial charge in [0.15, 0.2) is 11.8 Å². The number of benzene rings is 1. The fourth-order valence-corrected chi connectivity index (χ4v) is 2.21. The summed E-state index contributed by atoms with van der Waals surface area (Å²) in [4.78, 5) is 8.65. The Morgan fingerprint density at radius 3 is 2.67 bits per heavy atom. The van der Waals surface area contributed by atoms with Crippen molar-refractivity contribution in [2.45, 2.75) is 6.54 Å². The van der Waals surface area contributed by atoms with Gasteiger partial charge in [-0.2, -0.15) is 16.9 Å². The van der Waals surface area contributed by atoms with E-state index in [0.717, 1.165) is 35.4 Å². The summed E-state index contributed by atoms with van der Waals surface area (Å²) >= 11 is 1.79. The largest absolute Gasteiger partial charge is 0.497 e. The summed E-state index contributed by atoms with van der Waals surface area (Å²) in [6.07, 6.45) is 2.08. The van der Waals surface area contributed by atoms with Crippen LogP contribution in [0.15, 0.2) is 29.3 Å². The standard InChI is InChI=1S/C15H22N6OS.HI/c1-16-15(17-8-9-23-3)18-10-13-19-14(21-20-13)11-4-6-12(22-2)7-5-11;/h4-7H,8-10H2,1-3H3,(H2,16,17,18)(H,19,20,21);1H. The highest BCUT2D eigenvalue weighted by molar-refractivity contribution is 14.0. The third-order valence-corrected chi connectivity index (χ3v) is 3.74. The second-order valence-electron chi connectivity index (χ2n) is 4.68. The second kappa shape index (κ2) is 11.1. The number of methoxy groups -OCH3 is 1. The molecule has 0 bridgehead atoms. The molecule has 0 radical (unpaired) electrons. The van der Waals surface area contributed by atoms with Crippen molar-refractivity contribution in [3.05, 3.63) is 30.1 Å². The minimum absolute atomic E-state index is 0. The molecule has 0 aliphatic rings. The van der Waals surface area contributed by atoms with Gasteiger partial charge in [-0.05, 0) is 30.5 Å². The van der Waals surface area contributed by atoms with E-state index >= 15 is 0 Å². The van der Waals surface area contributed by atoms with Crippen molar-refractivity contribution in [2.75, 3.05) is 32.7 Å². The van der Waals surface area contributed by atoms with E-state index in [1.54, 1.807) is 25.9 Å². The van der Waals surface area contributed by atoms with Gasteiger partial charge in [0, 0.05) is 24.9 Å². The fraction of sp³-hybridized carbons (Fsp3) is 0.400. The molecule has 1 aromatic carbocycles. The molecule has 0 spiro atoms. The van der Waals surface area contributed by atoms with Crippen molar-refractivity contribution in [1.82, 2.24) is 25.8 Å². The minimum Gasteiger partial charge on any atom is -0.497 e. The Bertz CT molecular complexity index is 631. The Labute approximate surface area is 163 Å². The molecule has 9 heteroatoms. The number of hydrogen-bond donors (Lipinski definition) is 3. The van der Waals surface area contributed by atoms with Crippen LogP contribution in [0.2, 0.25) is 0 Å². The molecular formula is C15H23IN6OS. The van der Waals surface area contributed by atoms with Gasteiger partial charge in [-0.1, -0.05) is 0 Å². The van der Waals surface area contributed by atoms with Gasteiger partial charge in [0.25, 0.3) is 0 Å². The smallest absolute Gasteiger partial charge is 0.191 e. The second-order valence-corrected chi connectivity index (χ2v) is 5.67. The molecule has 0 aliphatic carbocycles. The molecule has 0 saturated heterocycles. The first kappa shape index (κ1) is 20.6. The van der Waals surface area contributed by atoms with Crippen molar-refractivity contribution in [2.24, 2.45) is 4.99 Å². The maximum Gasteiger partial charge on any atom is 0.191 e. The van der Waals surface area contributed by atoms with E-state index in [1.807, 2.05) is 24.3 Å². The summed E-state index contributed by atoms with van der Waals surface area (Å²) in [5, 5.41) is 13.6. The lowest BCUT2D eigenvalue weighted by Crippen LogP contribution is -2.38. The molecule has 0 fully saturated rings. The van der Waals surface area contributed by atoms with Crippen molar-refractivity contribution in [3.8, 4) is 17.1 Å². The van der Waals surface area contributed by atoms with Crippen LogP contribution in [-0.4, -0.2) is 53.9 Å². The Morgan fingerprint density at radius 2 is 2.04 bits per heavy atom. The fourth-order valence-electron chi connectivity index (χ4n) is 1.90. The molecule has 3 N–H and O–H groups in total. The Hall–Kier alpha value is -1.49. The van der Waals surface area contributed by atoms with Crippen molar-refractivity contribution < 1.29 is 4.74 Å². The van der Waals surface area contributed by atoms with Gasteiger partial charge in [0.2, 0.25) is 0 Å². The van der Waals surface area contributed by atoms with Gasteiger partial charge < -0.3 is 15.4 Å². The number of hydrogen-bond acceptors (Lipinski definition) is 5. The number of nitrogens with one attached hydrogen (secondary N) is 3. The van der Waals surface area contributed by atoms with Gasteiger partial charge in [-0.15, -0.1) is 24.0 Å². The topological polar surface area (TPSA) is 87.2 Å². The molecule has 24 heavy (non-hydrogen) atoms. The first-order valence-corrected chi connectivity index (χ1v) is 8.65. The maximum absolute atomic E-state index is 5.15. The van der Waals surface area contributed by atoms with Crippen LogP contribution < -0.4 is 15.4 Å². The average Bonchev–Trinajstić information content (AvgIpc) is 3.07. The van der Waals surface area contributed by atoms with Crippen LogP contribution in [0.3, 0.4) is 0 Å². The van der Waals surface area contributed by atoms with Crippen molar-refractivity contribution in [1.29, 1.82) is 0 Å². The van der Waals surface area contributed by atoms with E-state index in [4.69, 9.17) is 4.74 Å². The van der Waals surface area contributed by atoms with E-state index in [0.29, 0.717) is 12.4 Å². The summed E-state index contributed by atoms with van der Waals surface area (Å²) in [5.41, 5.74) is 0.941. The molecule has 0 unspecified atom stereocenters. The summed E-state index contributed by atoms with van der Waals surface area (Å²) in [7, 11) is 3.39. The Kier molecular flexibility index (Phi) is 9.53. The number of aliphatic imine (C=N–C) groups is 1. The lowest BCUT2D eigenvalue weighted by Gasteiger charge is -2.09. The minimum atomic E-state index is 0. The van der Waals surface area contributed by atoms with E-state index in [-0.39, 0.29) is 24.0 Å². The van der Waals surface area contributed by atoms with E-state index in [9.17, 15) is 0 Å². The lowest BCUT2D eigenvalue weighted by molar-refractivity contribution is 0.415. The summed E-state index contributed by atoms with van der Waals surface area (Å²) < 4.78 is 5.15. The molecule has 2 rings (SSSR count). The quantitative estimate of drug-likeness (QED) is 0.253. The summed E-state index contributed by atoms with van der Waals surface area (Å²) in [5.74, 6) is 4.01. The number of aromatic amines is 1. The molecule has 2 aromatic rings. The van der Waals surface area contributed by atoms with Gasteiger partial charge in [-0.25, -0.2) is 4.98 Å². The Morgan fingerprint density at radius 1 is 1.29 bits per heavy atom. The highest BCUT2D eigenvalue weighted by Crippen LogP contribution is 2.18. The van der Waals surface area contributed by atoms with Gasteiger partial charge in [-0.3, -0.25) is 10.1 Å². The van der Waals surface area contributed by atoms with Gasteiger partial charge in [0.1, 0.15) is 11.6 Å². The number of ether oxygens (including phenoxy) is 1. The average molecular weight is 462 g/mol. The number of aromatic nitrogens is 3. The van der Waals surface area contributed by atoms with Crippen LogP contribution in [-0.2, 0) is 6.54 Å². The number of thioether (sulfide) groups is 1. The highest BCUT2D eigenvalue weighted by Gasteiger charge is 2.07. The summed E-state index contributed by atoms with van der Waals surface area (Å²) in [6.45, 7) is 1.40. The molecule has 7 nitrogen and oxygen atoms in total. The number of guanidine groups is 1. The molecule has 132 valence electrons. The number of rotatable bonds is 7. The molecule has 0 amide bonds. The molecular weight excluding hydrogens is 439 g/mol. The van der Waals surface area contributed by atoms with Gasteiger partial charge >= 0.3 is 0 Å². The van der Waals surface area contributed by atoms with Crippen LogP contribution in [0.5, 0.6) is 5.75 Å². The van der Waals surface area contributed by atoms with Crippen LogP contribution in [0, 0.1) is 0 Å². The highest BCUT2D eigenvalue weighted by atomic mass is 127. The zero-order chi connectivity index (χ0) is 16.5. The summed E-state index contributed by atoms with van der Waals surface area (Å²) in [6, 6.07) is 7.65. The van der Waals surface area contributed by atoms with E-state index < -0.39 is 0 Å². The van der Waals surface area contributed by atoms with Crippen molar-refractivity contribution in [3.63, 3.8) is 0 Å². The first-order valence-electron chi connectivity index (χ1n) is 7.26. The molecule has 0 saturated carbocycles. The zero-order valence-corrected chi connectivity index (χ0v) is 17.1. The van der Waals surface area contributed by atoms with Crippen LogP contribution in [0.1, 0.15) is 5.82 Å². The molecule has 1 aromatic heterocycles. The van der Waals surface area contributed by atoms with Crippen LogP contribution in [0.4, 0.5) is 0 Å². The third-order valence-electron chi connectivity index (χ3n) is 3.13. The molecule has 0 aliphatic heterocycles. The van der Waals surface area contributed by atoms with Gasteiger partial charge in [0.05, 0.1) is 13.7 Å².